The van der Waals surface area contributed by atoms with Crippen LogP contribution in [0.4, 0.5) is 5.69 Å². The summed E-state index contributed by atoms with van der Waals surface area (Å²) in [6.45, 7) is 0. The number of nitrogens with zero attached hydrogens (tertiary/aromatic N) is 1. The lowest BCUT2D eigenvalue weighted by Crippen LogP contribution is -2.37. The van der Waals surface area contributed by atoms with E-state index < -0.39 is 20.0 Å². The predicted molar refractivity (Wildman–Crippen MR) is 115 cm³/mol. The predicted octanol–water partition coefficient (Wildman–Crippen LogP) is 3.10. The average Bonchev–Trinajstić information content (AvgIpc) is 2.79. The van der Waals surface area contributed by atoms with E-state index in [2.05, 4.69) is 0 Å². The second-order valence-corrected chi connectivity index (χ2v) is 10.0. The summed E-state index contributed by atoms with van der Waals surface area (Å²) in [7, 11) is -6.43. The van der Waals surface area contributed by atoms with Crippen LogP contribution in [0.3, 0.4) is 0 Å². The summed E-state index contributed by atoms with van der Waals surface area (Å²) < 4.78 is 64.4. The molecule has 8 nitrogen and oxygen atoms in total. The molecule has 3 aromatic rings. The van der Waals surface area contributed by atoms with E-state index in [1.807, 2.05) is 0 Å². The first-order chi connectivity index (χ1) is 14.7. The molecule has 0 saturated heterocycles. The van der Waals surface area contributed by atoms with Crippen LogP contribution < -0.4 is 13.2 Å². The quantitative estimate of drug-likeness (QED) is 0.475. The maximum absolute atomic E-state index is 13.5. The topological polar surface area (TPSA) is 107 Å². The van der Waals surface area contributed by atoms with Crippen molar-refractivity contribution in [2.45, 2.75) is 9.79 Å². The monoisotopic (exact) mass is 461 g/mol. The molecule has 0 aliphatic carbocycles. The van der Waals surface area contributed by atoms with Gasteiger partial charge in [0.25, 0.3) is 20.0 Å². The molecule has 31 heavy (non-hydrogen) atoms. The lowest BCUT2D eigenvalue weighted by Gasteiger charge is -2.25. The number of benzene rings is 3. The Kier molecular flexibility index (Phi) is 6.32. The Hall–Kier alpha value is -3.37. The summed E-state index contributed by atoms with van der Waals surface area (Å²) >= 11 is 0. The van der Waals surface area contributed by atoms with E-state index in [9.17, 15) is 21.6 Å². The second-order valence-electron chi connectivity index (χ2n) is 6.23. The third kappa shape index (κ3) is 4.25. The maximum Gasteiger partial charge on any atom is 0.277 e. The van der Waals surface area contributed by atoms with Gasteiger partial charge in [0.2, 0.25) is 0 Å². The van der Waals surface area contributed by atoms with Crippen molar-refractivity contribution in [2.24, 2.45) is 0 Å². The van der Waals surface area contributed by atoms with Gasteiger partial charge >= 0.3 is 0 Å². The van der Waals surface area contributed by atoms with Gasteiger partial charge in [-0.3, -0.25) is 4.79 Å². The van der Waals surface area contributed by atoms with Gasteiger partial charge < -0.3 is 9.47 Å². The lowest BCUT2D eigenvalue weighted by atomic mass is 10.2. The zero-order chi connectivity index (χ0) is 22.6. The van der Waals surface area contributed by atoms with Crippen LogP contribution in [0.5, 0.6) is 11.5 Å². The summed E-state index contributed by atoms with van der Waals surface area (Å²) in [5.41, 5.74) is -0.388. The smallest absolute Gasteiger partial charge is 0.277 e. The van der Waals surface area contributed by atoms with Gasteiger partial charge in [0.1, 0.15) is 11.5 Å². The normalized spacial score (nSPS) is 11.5. The Labute approximate surface area is 180 Å². The zero-order valence-corrected chi connectivity index (χ0v) is 18.3. The van der Waals surface area contributed by atoms with Gasteiger partial charge in [0.15, 0.2) is 6.29 Å². The minimum absolute atomic E-state index is 0.100. The summed E-state index contributed by atoms with van der Waals surface area (Å²) in [6, 6.07) is 16.1. The van der Waals surface area contributed by atoms with Gasteiger partial charge in [-0.15, -0.1) is 0 Å². The first-order valence-electron chi connectivity index (χ1n) is 8.88. The number of carbonyl (C=O) groups is 1. The highest BCUT2D eigenvalue weighted by molar-refractivity contribution is 8.10. The van der Waals surface area contributed by atoms with E-state index in [-0.39, 0.29) is 24.8 Å². The van der Waals surface area contributed by atoms with Crippen molar-refractivity contribution in [3.63, 3.8) is 0 Å². The molecule has 0 atom stereocenters. The van der Waals surface area contributed by atoms with Crippen LogP contribution in [0.2, 0.25) is 0 Å². The average molecular weight is 462 g/mol. The molecule has 0 fully saturated rings. The van der Waals surface area contributed by atoms with Gasteiger partial charge in [-0.1, -0.05) is 12.1 Å². The Bertz CT molecular complexity index is 1210. The number of hydrogen-bond donors (Lipinski definition) is 0. The largest absolute Gasteiger partial charge is 0.497 e. The lowest BCUT2D eigenvalue weighted by molar-refractivity contribution is 0.112. The molecule has 0 saturated carbocycles. The van der Waals surface area contributed by atoms with Crippen LogP contribution in [0.1, 0.15) is 10.4 Å². The summed E-state index contributed by atoms with van der Waals surface area (Å²) in [4.78, 5) is 11.0. The van der Waals surface area contributed by atoms with Gasteiger partial charge in [0, 0.05) is 5.56 Å². The molecule has 0 spiro atoms. The van der Waals surface area contributed by atoms with Crippen LogP contribution in [0.15, 0.2) is 82.6 Å². The Morgan fingerprint density at radius 2 is 1.10 bits per heavy atom. The minimum Gasteiger partial charge on any atom is -0.497 e. The highest BCUT2D eigenvalue weighted by Gasteiger charge is 2.38. The van der Waals surface area contributed by atoms with E-state index in [4.69, 9.17) is 9.47 Å². The number of aldehydes is 1. The molecule has 0 bridgehead atoms. The molecule has 0 N–H and O–H groups in total. The summed E-state index contributed by atoms with van der Waals surface area (Å²) in [5.74, 6) is 0.800. The second kappa shape index (κ2) is 8.78. The molecule has 0 aliphatic rings. The molecule has 3 aromatic carbocycles. The van der Waals surface area contributed by atoms with E-state index in [1.54, 1.807) is 0 Å². The first-order valence-corrected chi connectivity index (χ1v) is 11.8. The molecular formula is C21H19NO7S2. The molecule has 0 aromatic heterocycles. The standard InChI is InChI=1S/C21H19NO7S2/c1-28-17-7-11-19(12-8-17)30(24,25)22(21-6-4-3-5-16(21)15-23)31(26,27)20-13-9-18(29-2)10-14-20/h3-15H,1-2H3. The van der Waals surface area contributed by atoms with E-state index in [0.717, 1.165) is 0 Å². The fraction of sp³-hybridized carbons (Fsp3) is 0.0952. The highest BCUT2D eigenvalue weighted by atomic mass is 32.3. The number of sulfonamides is 2. The number of anilines is 1. The highest BCUT2D eigenvalue weighted by Crippen LogP contribution is 2.33. The SMILES string of the molecule is COc1ccc(S(=O)(=O)N(c2ccccc2C=O)S(=O)(=O)c2ccc(OC)cc2)cc1. The van der Waals surface area contributed by atoms with Crippen LogP contribution in [-0.4, -0.2) is 37.3 Å². The van der Waals surface area contributed by atoms with Crippen molar-refractivity contribution < 1.29 is 31.1 Å². The molecule has 0 radical (unpaired) electrons. The van der Waals surface area contributed by atoms with Gasteiger partial charge in [-0.25, -0.2) is 16.8 Å². The third-order valence-electron chi connectivity index (χ3n) is 4.41. The van der Waals surface area contributed by atoms with Crippen molar-refractivity contribution in [1.82, 2.24) is 0 Å². The van der Waals surface area contributed by atoms with Crippen molar-refractivity contribution in [3.05, 3.63) is 78.4 Å². The first kappa shape index (κ1) is 22.3. The van der Waals surface area contributed by atoms with Crippen LogP contribution >= 0.6 is 0 Å². The zero-order valence-electron chi connectivity index (χ0n) is 16.6. The van der Waals surface area contributed by atoms with Crippen molar-refractivity contribution >= 4 is 32.0 Å². The Balaban J connectivity index is 2.27. The Morgan fingerprint density at radius 3 is 1.48 bits per heavy atom. The summed E-state index contributed by atoms with van der Waals surface area (Å²) in [5, 5.41) is 0. The maximum atomic E-state index is 13.5. The van der Waals surface area contributed by atoms with Crippen molar-refractivity contribution in [1.29, 1.82) is 0 Å². The molecular weight excluding hydrogens is 442 g/mol. The Morgan fingerprint density at radius 1 is 0.677 bits per heavy atom. The number of carbonyl (C=O) groups excluding carboxylic acids is 1. The van der Waals surface area contributed by atoms with Gasteiger partial charge in [0.05, 0.1) is 29.7 Å². The fourth-order valence-electron chi connectivity index (χ4n) is 2.83. The molecule has 0 unspecified atom stereocenters. The van der Waals surface area contributed by atoms with E-state index in [1.165, 1.54) is 87.0 Å². The molecule has 0 amide bonds. The van der Waals surface area contributed by atoms with E-state index in [0.29, 0.717) is 17.8 Å². The van der Waals surface area contributed by atoms with Crippen molar-refractivity contribution in [3.8, 4) is 11.5 Å². The minimum atomic E-state index is -4.63. The number of hydrogen-bond acceptors (Lipinski definition) is 7. The van der Waals surface area contributed by atoms with Crippen LogP contribution in [-0.2, 0) is 20.0 Å². The molecule has 0 aliphatic heterocycles. The van der Waals surface area contributed by atoms with Crippen LogP contribution in [0.25, 0.3) is 0 Å². The molecule has 162 valence electrons. The van der Waals surface area contributed by atoms with Gasteiger partial charge in [-0.2, -0.15) is 3.71 Å². The third-order valence-corrected chi connectivity index (χ3v) is 8.59. The summed E-state index contributed by atoms with van der Waals surface area (Å²) in [6.07, 6.45) is 0.398. The van der Waals surface area contributed by atoms with Gasteiger partial charge in [-0.05, 0) is 60.7 Å². The number of para-hydroxylation sites is 1. The molecule has 10 heteroatoms. The van der Waals surface area contributed by atoms with Crippen molar-refractivity contribution in [2.75, 3.05) is 17.9 Å². The number of ether oxygens (including phenoxy) is 2. The van der Waals surface area contributed by atoms with E-state index >= 15 is 0 Å². The molecule has 0 heterocycles. The van der Waals surface area contributed by atoms with Crippen LogP contribution in [0, 0.1) is 0 Å². The number of methoxy groups -OCH3 is 2. The molecule has 3 rings (SSSR count). The number of rotatable bonds is 8. The fourth-order valence-corrected chi connectivity index (χ4v) is 6.57.